The number of hydrogen-bond donors (Lipinski definition) is 4. The SMILES string of the molecule is C[C@H]1CCC=C2C[C@H]3OC(=O)[C@@H](C[NH+]4CC[NH+](CCO)CC4)[C@H]3[C@H](O)[C@@]21C. The molecule has 0 radical (unpaired) electrons. The van der Waals surface area contributed by atoms with Gasteiger partial charge in [0.1, 0.15) is 44.7 Å². The van der Waals surface area contributed by atoms with E-state index in [1.54, 1.807) is 0 Å². The minimum absolute atomic E-state index is 0.0736. The number of fused-ring (bicyclic) bond motifs is 2. The minimum atomic E-state index is -0.505. The summed E-state index contributed by atoms with van der Waals surface area (Å²) in [4.78, 5) is 15.6. The zero-order valence-electron chi connectivity index (χ0n) is 16.7. The van der Waals surface area contributed by atoms with E-state index >= 15 is 0 Å². The van der Waals surface area contributed by atoms with E-state index in [4.69, 9.17) is 9.84 Å². The van der Waals surface area contributed by atoms with Crippen molar-refractivity contribution in [1.29, 1.82) is 0 Å². The van der Waals surface area contributed by atoms with Crippen molar-refractivity contribution in [1.82, 2.24) is 0 Å². The van der Waals surface area contributed by atoms with Crippen LogP contribution < -0.4 is 9.80 Å². The predicted octanol–water partition coefficient (Wildman–Crippen LogP) is -1.95. The smallest absolute Gasteiger partial charge is 0.315 e. The lowest BCUT2D eigenvalue weighted by atomic mass is 9.55. The van der Waals surface area contributed by atoms with Gasteiger partial charge in [-0.25, -0.2) is 0 Å². The fourth-order valence-electron chi connectivity index (χ4n) is 6.18. The van der Waals surface area contributed by atoms with E-state index in [0.717, 1.165) is 58.5 Å². The number of carbonyl (C=O) groups excluding carboxylic acids is 1. The van der Waals surface area contributed by atoms with Crippen LogP contribution in [0, 0.1) is 23.2 Å². The van der Waals surface area contributed by atoms with Gasteiger partial charge in [-0.05, 0) is 18.8 Å². The maximum Gasteiger partial charge on any atom is 0.315 e. The first kappa shape index (κ1) is 19.4. The van der Waals surface area contributed by atoms with Crippen LogP contribution in [0.5, 0.6) is 0 Å². The molecule has 4 aliphatic rings. The van der Waals surface area contributed by atoms with Gasteiger partial charge in [-0.1, -0.05) is 25.5 Å². The van der Waals surface area contributed by atoms with Gasteiger partial charge >= 0.3 is 5.97 Å². The summed E-state index contributed by atoms with van der Waals surface area (Å²) in [6, 6.07) is 0. The Kier molecular flexibility index (Phi) is 5.36. The molecule has 152 valence electrons. The topological polar surface area (TPSA) is 75.6 Å². The lowest BCUT2D eigenvalue weighted by Crippen LogP contribution is -3.28. The molecule has 2 heterocycles. The normalized spacial score (nSPS) is 47.0. The Balaban J connectivity index is 1.48. The molecule has 2 aliphatic carbocycles. The highest BCUT2D eigenvalue weighted by molar-refractivity contribution is 5.76. The van der Waals surface area contributed by atoms with Crippen LogP contribution in [-0.2, 0) is 9.53 Å². The summed E-state index contributed by atoms with van der Waals surface area (Å²) in [7, 11) is 0. The largest absolute Gasteiger partial charge is 0.461 e. The number of esters is 1. The van der Waals surface area contributed by atoms with Crippen molar-refractivity contribution in [3.63, 3.8) is 0 Å². The van der Waals surface area contributed by atoms with Crippen LogP contribution in [0.15, 0.2) is 11.6 Å². The average Bonchev–Trinajstić information content (AvgIpc) is 2.95. The number of aliphatic hydroxyl groups is 2. The van der Waals surface area contributed by atoms with Crippen LogP contribution in [-0.4, -0.2) is 74.3 Å². The molecule has 0 spiro atoms. The molecule has 6 nitrogen and oxygen atoms in total. The van der Waals surface area contributed by atoms with E-state index in [1.807, 2.05) is 0 Å². The Hall–Kier alpha value is -0.950. The molecule has 27 heavy (non-hydrogen) atoms. The van der Waals surface area contributed by atoms with Crippen LogP contribution in [0.1, 0.15) is 33.1 Å². The van der Waals surface area contributed by atoms with Gasteiger partial charge < -0.3 is 24.7 Å². The number of nitrogens with one attached hydrogen (secondary N) is 2. The molecule has 0 aromatic rings. The maximum absolute atomic E-state index is 12.7. The van der Waals surface area contributed by atoms with Crippen molar-refractivity contribution >= 4 is 5.97 Å². The van der Waals surface area contributed by atoms with Crippen molar-refractivity contribution in [2.45, 2.75) is 45.3 Å². The Morgan fingerprint density at radius 1 is 1.26 bits per heavy atom. The third-order valence-electron chi connectivity index (χ3n) is 8.21. The van der Waals surface area contributed by atoms with E-state index in [0.29, 0.717) is 5.92 Å². The maximum atomic E-state index is 12.7. The summed E-state index contributed by atoms with van der Waals surface area (Å²) < 4.78 is 5.79. The van der Waals surface area contributed by atoms with Gasteiger partial charge in [0.2, 0.25) is 0 Å². The molecule has 3 fully saturated rings. The number of aliphatic hydroxyl groups excluding tert-OH is 2. The highest BCUT2D eigenvalue weighted by atomic mass is 16.6. The lowest BCUT2D eigenvalue weighted by molar-refractivity contribution is -1.01. The van der Waals surface area contributed by atoms with E-state index in [1.165, 1.54) is 15.4 Å². The number of carbonyl (C=O) groups is 1. The van der Waals surface area contributed by atoms with Crippen molar-refractivity contribution in [2.75, 3.05) is 45.9 Å². The van der Waals surface area contributed by atoms with Crippen LogP contribution in [0.2, 0.25) is 0 Å². The Morgan fingerprint density at radius 3 is 2.67 bits per heavy atom. The summed E-state index contributed by atoms with van der Waals surface area (Å²) >= 11 is 0. The Morgan fingerprint density at radius 2 is 1.96 bits per heavy atom. The van der Waals surface area contributed by atoms with E-state index < -0.39 is 6.10 Å². The van der Waals surface area contributed by atoms with Gasteiger partial charge in [0.15, 0.2) is 0 Å². The molecule has 0 unspecified atom stereocenters. The van der Waals surface area contributed by atoms with Gasteiger partial charge in [-0.3, -0.25) is 4.79 Å². The van der Waals surface area contributed by atoms with Crippen LogP contribution in [0.4, 0.5) is 0 Å². The first-order valence-corrected chi connectivity index (χ1v) is 10.8. The molecule has 0 bridgehead atoms. The fourth-order valence-corrected chi connectivity index (χ4v) is 6.18. The molecule has 4 rings (SSSR count). The zero-order chi connectivity index (χ0) is 19.2. The molecule has 6 heteroatoms. The summed E-state index contributed by atoms with van der Waals surface area (Å²) in [6.07, 6.45) is 4.61. The third kappa shape index (κ3) is 3.24. The van der Waals surface area contributed by atoms with Gasteiger partial charge in [-0.2, -0.15) is 0 Å². The number of allylic oxidation sites excluding steroid dienone is 1. The second-order valence-corrected chi connectivity index (χ2v) is 9.48. The molecule has 4 N–H and O–H groups in total. The molecule has 2 aliphatic heterocycles. The molecule has 1 saturated carbocycles. The van der Waals surface area contributed by atoms with Crippen LogP contribution >= 0.6 is 0 Å². The quantitative estimate of drug-likeness (QED) is 0.338. The fraction of sp³-hybridized carbons (Fsp3) is 0.857. The number of quaternary nitrogens is 2. The summed E-state index contributed by atoms with van der Waals surface area (Å²) in [6.45, 7) is 10.4. The molecule has 2 saturated heterocycles. The molecule has 0 aromatic heterocycles. The Bertz CT molecular complexity index is 601. The van der Waals surface area contributed by atoms with Crippen LogP contribution in [0.25, 0.3) is 0 Å². The molecular weight excluding hydrogens is 344 g/mol. The van der Waals surface area contributed by atoms with Gasteiger partial charge in [-0.15, -0.1) is 0 Å². The van der Waals surface area contributed by atoms with E-state index in [-0.39, 0.29) is 35.9 Å². The summed E-state index contributed by atoms with van der Waals surface area (Å²) in [5.74, 6) is 0.0716. The minimum Gasteiger partial charge on any atom is -0.461 e. The Labute approximate surface area is 162 Å². The molecule has 0 amide bonds. The number of hydrogen-bond acceptors (Lipinski definition) is 4. The first-order valence-electron chi connectivity index (χ1n) is 10.8. The summed E-state index contributed by atoms with van der Waals surface area (Å²) in [5, 5.41) is 20.5. The second kappa shape index (κ2) is 7.47. The van der Waals surface area contributed by atoms with Crippen molar-refractivity contribution in [3.8, 4) is 0 Å². The van der Waals surface area contributed by atoms with Crippen molar-refractivity contribution in [2.24, 2.45) is 23.2 Å². The highest BCUT2D eigenvalue weighted by Gasteiger charge is 2.60. The number of ether oxygens (including phenoxy) is 1. The lowest BCUT2D eigenvalue weighted by Gasteiger charge is -2.51. The molecule has 6 atom stereocenters. The average molecular weight is 381 g/mol. The van der Waals surface area contributed by atoms with Gasteiger partial charge in [0.25, 0.3) is 0 Å². The third-order valence-corrected chi connectivity index (χ3v) is 8.21. The summed E-state index contributed by atoms with van der Waals surface area (Å²) in [5.41, 5.74) is 1.09. The molecule has 0 aromatic carbocycles. The van der Waals surface area contributed by atoms with Gasteiger partial charge in [0.05, 0.1) is 19.3 Å². The van der Waals surface area contributed by atoms with Crippen molar-refractivity contribution < 1.29 is 29.5 Å². The predicted molar refractivity (Wildman–Crippen MR) is 100 cm³/mol. The second-order valence-electron chi connectivity index (χ2n) is 9.48. The van der Waals surface area contributed by atoms with E-state index in [9.17, 15) is 9.90 Å². The number of rotatable bonds is 4. The monoisotopic (exact) mass is 380 g/mol. The van der Waals surface area contributed by atoms with Gasteiger partial charge in [0, 0.05) is 17.8 Å². The van der Waals surface area contributed by atoms with Crippen LogP contribution in [0.3, 0.4) is 0 Å². The standard InChI is InChI=1S/C21H34N2O4/c1-14-4-3-5-15-12-17-18(19(25)21(14,15)2)16(20(26)27-17)13-23-8-6-22(7-9-23)10-11-24/h5,14,16-19,24-25H,3-4,6-13H2,1-2H3/p+2/t14-,16-,17+,18+,19-,21+/m0/s1. The van der Waals surface area contributed by atoms with E-state index in [2.05, 4.69) is 19.9 Å². The zero-order valence-corrected chi connectivity index (χ0v) is 16.7. The first-order chi connectivity index (χ1) is 12.9. The highest BCUT2D eigenvalue weighted by Crippen LogP contribution is 2.55. The van der Waals surface area contributed by atoms with Crippen molar-refractivity contribution in [3.05, 3.63) is 11.6 Å². The number of piperazine rings is 1. The molecular formula is C21H36N2O4+2.